The van der Waals surface area contributed by atoms with Crippen molar-refractivity contribution in [3.8, 4) is 0 Å². The van der Waals surface area contributed by atoms with Crippen LogP contribution in [0.15, 0.2) is 17.0 Å². The quantitative estimate of drug-likeness (QED) is 0.506. The van der Waals surface area contributed by atoms with E-state index in [4.69, 9.17) is 5.73 Å². The molecular weight excluding hydrogens is 249 g/mol. The summed E-state index contributed by atoms with van der Waals surface area (Å²) in [5.41, 5.74) is 5.31. The van der Waals surface area contributed by atoms with E-state index >= 15 is 0 Å². The second-order valence-corrected chi connectivity index (χ2v) is 3.59. The van der Waals surface area contributed by atoms with E-state index in [2.05, 4.69) is 12.6 Å². The number of nitrogens with two attached hydrogens (primary N) is 1. The number of benzene rings is 1. The molecule has 15 heavy (non-hydrogen) atoms. The van der Waals surface area contributed by atoms with Crippen LogP contribution in [0.2, 0.25) is 0 Å². The molecular formula is C8H10BF3KNS. The Labute approximate surface area is 135 Å². The molecule has 0 spiro atoms. The Bertz CT molecular complexity index is 356. The first kappa shape index (κ1) is 16.0. The van der Waals surface area contributed by atoms with Crippen molar-refractivity contribution in [2.75, 3.05) is 0 Å². The predicted molar refractivity (Wildman–Crippen MR) is 55.0 cm³/mol. The van der Waals surface area contributed by atoms with Gasteiger partial charge in [-0.3, -0.25) is 0 Å². The van der Waals surface area contributed by atoms with E-state index in [9.17, 15) is 12.9 Å². The van der Waals surface area contributed by atoms with Gasteiger partial charge in [0.1, 0.15) is 0 Å². The van der Waals surface area contributed by atoms with E-state index < -0.39 is 12.4 Å². The standard InChI is InChI=1S/C8H10BF3NS.K/c1-5-7(9(10,11)12)2-6(4-13)3-8(5)14;/h2-3,14H,4,13H2,1H3;/q-1;+1. The van der Waals surface area contributed by atoms with Crippen LogP contribution in [-0.2, 0) is 6.54 Å². The molecule has 0 bridgehead atoms. The van der Waals surface area contributed by atoms with Gasteiger partial charge in [0.2, 0.25) is 0 Å². The van der Waals surface area contributed by atoms with E-state index in [1.54, 1.807) is 6.07 Å². The number of rotatable bonds is 2. The van der Waals surface area contributed by atoms with Crippen LogP contribution in [-0.4, -0.2) is 6.98 Å². The van der Waals surface area contributed by atoms with Gasteiger partial charge in [0.05, 0.1) is 0 Å². The third-order valence-electron chi connectivity index (χ3n) is 2.07. The normalized spacial score (nSPS) is 11.1. The van der Waals surface area contributed by atoms with Gasteiger partial charge in [0.25, 0.3) is 0 Å². The van der Waals surface area contributed by atoms with Gasteiger partial charge in [-0.2, -0.15) is 0 Å². The molecule has 0 atom stereocenters. The Morgan fingerprint density at radius 2 is 1.87 bits per heavy atom. The van der Waals surface area contributed by atoms with Gasteiger partial charge in [-0.05, 0) is 18.6 Å². The largest absolute Gasteiger partial charge is 1.00 e. The first-order valence-electron chi connectivity index (χ1n) is 4.08. The maximum Gasteiger partial charge on any atom is 1.00 e. The predicted octanol–water partition coefficient (Wildman–Crippen LogP) is -1.20. The minimum Gasteiger partial charge on any atom is -0.445 e. The Balaban J connectivity index is 0.00000196. The van der Waals surface area contributed by atoms with Gasteiger partial charge >= 0.3 is 58.4 Å². The number of halogens is 3. The molecule has 0 saturated heterocycles. The minimum atomic E-state index is -4.98. The molecule has 1 aromatic rings. The van der Waals surface area contributed by atoms with E-state index in [1.807, 2.05) is 0 Å². The van der Waals surface area contributed by atoms with Crippen LogP contribution in [0, 0.1) is 6.92 Å². The molecule has 78 valence electrons. The molecule has 0 unspecified atom stereocenters. The summed E-state index contributed by atoms with van der Waals surface area (Å²) >= 11 is 3.98. The van der Waals surface area contributed by atoms with Gasteiger partial charge in [-0.15, -0.1) is 18.1 Å². The zero-order valence-electron chi connectivity index (χ0n) is 8.60. The maximum atomic E-state index is 12.5. The molecule has 2 N–H and O–H groups in total. The van der Waals surface area contributed by atoms with Gasteiger partial charge < -0.3 is 18.7 Å². The molecule has 0 saturated carbocycles. The minimum absolute atomic E-state index is 0. The molecule has 1 nitrogen and oxygen atoms in total. The third kappa shape index (κ3) is 4.07. The van der Waals surface area contributed by atoms with E-state index in [0.29, 0.717) is 10.5 Å². The number of hydrogen-bond acceptors (Lipinski definition) is 2. The Kier molecular flexibility index (Phi) is 6.50. The van der Waals surface area contributed by atoms with Crippen LogP contribution in [0.4, 0.5) is 12.9 Å². The molecule has 7 heteroatoms. The van der Waals surface area contributed by atoms with Crippen LogP contribution >= 0.6 is 12.6 Å². The van der Waals surface area contributed by atoms with E-state index in [-0.39, 0.29) is 63.5 Å². The Morgan fingerprint density at radius 1 is 1.33 bits per heavy atom. The first-order chi connectivity index (χ1) is 6.36. The SMILES string of the molecule is Cc1c(S)cc(CN)cc1[B-](F)(F)F.[K+]. The molecule has 1 rings (SSSR count). The summed E-state index contributed by atoms with van der Waals surface area (Å²) in [7, 11) is 0. The molecule has 0 amide bonds. The molecule has 0 fully saturated rings. The van der Waals surface area contributed by atoms with E-state index in [1.165, 1.54) is 6.92 Å². The Morgan fingerprint density at radius 3 is 2.27 bits per heavy atom. The summed E-state index contributed by atoms with van der Waals surface area (Å²) in [5, 5.41) is 0. The molecule has 0 heterocycles. The van der Waals surface area contributed by atoms with Gasteiger partial charge in [0, 0.05) is 11.4 Å². The van der Waals surface area contributed by atoms with Gasteiger partial charge in [-0.1, -0.05) is 11.6 Å². The average Bonchev–Trinajstić information content (AvgIpc) is 2.07. The smallest absolute Gasteiger partial charge is 0.445 e. The maximum absolute atomic E-state index is 12.5. The van der Waals surface area contributed by atoms with Crippen LogP contribution in [0.5, 0.6) is 0 Å². The Hall–Kier alpha value is 1.02. The molecule has 0 radical (unpaired) electrons. The van der Waals surface area contributed by atoms with Crippen molar-refractivity contribution in [2.24, 2.45) is 5.73 Å². The van der Waals surface area contributed by atoms with Crippen molar-refractivity contribution in [2.45, 2.75) is 18.4 Å². The summed E-state index contributed by atoms with van der Waals surface area (Å²) in [6, 6.07) is 2.65. The number of hydrogen-bond donors (Lipinski definition) is 2. The summed E-state index contributed by atoms with van der Waals surface area (Å²) < 4.78 is 37.6. The molecule has 0 aromatic heterocycles. The van der Waals surface area contributed by atoms with Crippen LogP contribution in [0.1, 0.15) is 11.1 Å². The second-order valence-electron chi connectivity index (χ2n) is 3.11. The van der Waals surface area contributed by atoms with E-state index in [0.717, 1.165) is 6.07 Å². The summed E-state index contributed by atoms with van der Waals surface area (Å²) in [6.45, 7) is -3.48. The topological polar surface area (TPSA) is 26.0 Å². The first-order valence-corrected chi connectivity index (χ1v) is 4.53. The summed E-state index contributed by atoms with van der Waals surface area (Å²) in [4.78, 5) is 0.335. The van der Waals surface area contributed by atoms with Crippen molar-refractivity contribution in [1.82, 2.24) is 0 Å². The fourth-order valence-electron chi connectivity index (χ4n) is 1.24. The monoisotopic (exact) mass is 259 g/mol. The molecule has 0 aliphatic carbocycles. The average molecular weight is 259 g/mol. The van der Waals surface area contributed by atoms with Crippen molar-refractivity contribution in [3.63, 3.8) is 0 Å². The zero-order chi connectivity index (χ0) is 10.9. The van der Waals surface area contributed by atoms with Gasteiger partial charge in [-0.25, -0.2) is 0 Å². The molecule has 0 aliphatic heterocycles. The van der Waals surface area contributed by atoms with Crippen LogP contribution in [0.25, 0.3) is 0 Å². The fraction of sp³-hybridized carbons (Fsp3) is 0.250. The molecule has 1 aromatic carbocycles. The fourth-order valence-corrected chi connectivity index (χ4v) is 1.53. The van der Waals surface area contributed by atoms with Gasteiger partial charge in [0.15, 0.2) is 0 Å². The summed E-state index contributed by atoms with van der Waals surface area (Å²) in [6.07, 6.45) is 0. The van der Waals surface area contributed by atoms with Crippen molar-refractivity contribution < 1.29 is 64.3 Å². The molecule has 0 aliphatic rings. The van der Waals surface area contributed by atoms with Crippen molar-refractivity contribution in [3.05, 3.63) is 23.3 Å². The van der Waals surface area contributed by atoms with Crippen molar-refractivity contribution >= 4 is 25.1 Å². The van der Waals surface area contributed by atoms with Crippen LogP contribution in [0.3, 0.4) is 0 Å². The van der Waals surface area contributed by atoms with Crippen LogP contribution < -0.4 is 62.6 Å². The van der Waals surface area contributed by atoms with Crippen molar-refractivity contribution in [1.29, 1.82) is 0 Å². The zero-order valence-corrected chi connectivity index (χ0v) is 12.6. The third-order valence-corrected chi connectivity index (χ3v) is 2.53. The summed E-state index contributed by atoms with van der Waals surface area (Å²) in [5.74, 6) is 0. The number of thiol groups is 1. The second kappa shape index (κ2) is 6.09.